The van der Waals surface area contributed by atoms with Gasteiger partial charge < -0.3 is 10.1 Å². The molecule has 0 fully saturated rings. The van der Waals surface area contributed by atoms with Crippen LogP contribution in [0.4, 0.5) is 11.4 Å². The van der Waals surface area contributed by atoms with E-state index in [-0.39, 0.29) is 22.2 Å². The first-order chi connectivity index (χ1) is 13.8. The Labute approximate surface area is 175 Å². The first kappa shape index (κ1) is 22.4. The fourth-order valence-electron chi connectivity index (χ4n) is 2.48. The Bertz CT molecular complexity index is 1010. The maximum absolute atomic E-state index is 13.1. The van der Waals surface area contributed by atoms with E-state index in [2.05, 4.69) is 5.32 Å². The lowest BCUT2D eigenvalue weighted by Crippen LogP contribution is -2.30. The lowest BCUT2D eigenvalue weighted by atomic mass is 10.3. The van der Waals surface area contributed by atoms with Gasteiger partial charge in [-0.05, 0) is 44.2 Å². The third-order valence-electron chi connectivity index (χ3n) is 3.78. The van der Waals surface area contributed by atoms with Gasteiger partial charge in [-0.3, -0.25) is 9.10 Å². The summed E-state index contributed by atoms with van der Waals surface area (Å²) in [5.41, 5.74) is 0.621. The quantitative estimate of drug-likeness (QED) is 0.504. The third kappa shape index (κ3) is 5.82. The van der Waals surface area contributed by atoms with Crippen LogP contribution in [0.25, 0.3) is 0 Å². The van der Waals surface area contributed by atoms with Crippen LogP contribution in [0.2, 0.25) is 5.02 Å². The molecule has 0 saturated heterocycles. The molecule has 1 N–H and O–H groups in total. The molecule has 0 aromatic heterocycles. The van der Waals surface area contributed by atoms with Crippen LogP contribution in [0.5, 0.6) is 0 Å². The molecule has 7 nitrogen and oxygen atoms in total. The molecule has 0 aliphatic rings. The van der Waals surface area contributed by atoms with Crippen molar-refractivity contribution in [3.05, 3.63) is 65.7 Å². The number of esters is 1. The zero-order valence-corrected chi connectivity index (χ0v) is 17.5. The van der Waals surface area contributed by atoms with Gasteiger partial charge in [0.25, 0.3) is 15.9 Å². The van der Waals surface area contributed by atoms with Gasteiger partial charge in [0.05, 0.1) is 21.3 Å². The smallest absolute Gasteiger partial charge is 0.330 e. The molecule has 0 radical (unpaired) electrons. The molecule has 154 valence electrons. The van der Waals surface area contributed by atoms with Crippen LogP contribution in [0.15, 0.2) is 65.6 Å². The van der Waals surface area contributed by atoms with E-state index in [9.17, 15) is 18.0 Å². The summed E-state index contributed by atoms with van der Waals surface area (Å²) >= 11 is 6.09. The van der Waals surface area contributed by atoms with E-state index in [0.29, 0.717) is 5.69 Å². The number of hydrogen-bond donors (Lipinski definition) is 1. The molecule has 0 atom stereocenters. The van der Waals surface area contributed by atoms with Crippen LogP contribution in [-0.2, 0) is 24.3 Å². The van der Waals surface area contributed by atoms with Crippen molar-refractivity contribution >= 4 is 44.9 Å². The van der Waals surface area contributed by atoms with Crippen molar-refractivity contribution < 1.29 is 22.7 Å². The Balaban J connectivity index is 2.25. The fourth-order valence-corrected chi connectivity index (χ4v) is 4.15. The molecule has 9 heteroatoms. The van der Waals surface area contributed by atoms with Gasteiger partial charge in [0.1, 0.15) is 0 Å². The van der Waals surface area contributed by atoms with Gasteiger partial charge in [0, 0.05) is 12.6 Å². The predicted octanol–water partition coefficient (Wildman–Crippen LogP) is 3.61. The van der Waals surface area contributed by atoms with Crippen LogP contribution in [0, 0.1) is 0 Å². The lowest BCUT2D eigenvalue weighted by molar-refractivity contribution is -0.142. The van der Waals surface area contributed by atoms with E-state index in [1.807, 2.05) is 0 Å². The second kappa shape index (κ2) is 10.1. The van der Waals surface area contributed by atoms with Crippen molar-refractivity contribution in [2.45, 2.75) is 18.7 Å². The molecule has 0 spiro atoms. The van der Waals surface area contributed by atoms with Gasteiger partial charge in [0.15, 0.2) is 6.61 Å². The number of sulfonamides is 1. The van der Waals surface area contributed by atoms with Crippen LogP contribution in [-0.4, -0.2) is 33.4 Å². The SMILES string of the molecule is C/C=C/C(=O)OCC(=O)Nc1cc(S(=O)(=O)N(CC)c2ccccc2)ccc1Cl. The van der Waals surface area contributed by atoms with Gasteiger partial charge in [-0.2, -0.15) is 0 Å². The van der Waals surface area contributed by atoms with E-state index < -0.39 is 28.5 Å². The van der Waals surface area contributed by atoms with Crippen LogP contribution in [0.3, 0.4) is 0 Å². The summed E-state index contributed by atoms with van der Waals surface area (Å²) in [6.07, 6.45) is 2.66. The first-order valence-corrected chi connectivity index (χ1v) is 10.6. The Morgan fingerprint density at radius 3 is 2.48 bits per heavy atom. The van der Waals surface area contributed by atoms with E-state index in [1.165, 1.54) is 34.7 Å². The molecular formula is C20H21ClN2O5S. The van der Waals surface area contributed by atoms with E-state index in [0.717, 1.165) is 0 Å². The molecule has 2 aromatic rings. The second-order valence-corrected chi connectivity index (χ2v) is 8.07. The number of nitrogens with one attached hydrogen (secondary N) is 1. The Hall–Kier alpha value is -2.84. The number of ether oxygens (including phenoxy) is 1. The number of anilines is 2. The zero-order valence-electron chi connectivity index (χ0n) is 16.0. The van der Waals surface area contributed by atoms with Crippen molar-refractivity contribution in [3.63, 3.8) is 0 Å². The second-order valence-electron chi connectivity index (χ2n) is 5.80. The number of halogens is 1. The Kier molecular flexibility index (Phi) is 7.81. The highest BCUT2D eigenvalue weighted by molar-refractivity contribution is 7.92. The third-order valence-corrected chi connectivity index (χ3v) is 6.01. The number of allylic oxidation sites excluding steroid dienone is 1. The molecule has 0 aliphatic heterocycles. The Morgan fingerprint density at radius 1 is 1.17 bits per heavy atom. The minimum atomic E-state index is -3.88. The molecule has 0 heterocycles. The largest absolute Gasteiger partial charge is 0.452 e. The van der Waals surface area contributed by atoms with Gasteiger partial charge in [-0.25, -0.2) is 13.2 Å². The number of hydrogen-bond acceptors (Lipinski definition) is 5. The standard InChI is InChI=1S/C20H21ClN2O5S/c1-3-8-20(25)28-14-19(24)22-18-13-16(11-12-17(18)21)29(26,27)23(4-2)15-9-6-5-7-10-15/h3,5-13H,4,14H2,1-2H3,(H,22,24)/b8-3+. The monoisotopic (exact) mass is 436 g/mol. The van der Waals surface area contributed by atoms with Crippen molar-refractivity contribution in [1.82, 2.24) is 0 Å². The number of nitrogens with zero attached hydrogens (tertiary/aromatic N) is 1. The number of amides is 1. The molecule has 2 rings (SSSR count). The van der Waals surface area contributed by atoms with E-state index in [4.69, 9.17) is 16.3 Å². The normalized spacial score (nSPS) is 11.3. The fraction of sp³-hybridized carbons (Fsp3) is 0.200. The maximum Gasteiger partial charge on any atom is 0.330 e. The Morgan fingerprint density at radius 2 is 1.86 bits per heavy atom. The number of para-hydroxylation sites is 1. The summed E-state index contributed by atoms with van der Waals surface area (Å²) < 4.78 is 32.2. The predicted molar refractivity (Wildman–Crippen MR) is 113 cm³/mol. The number of carbonyl (C=O) groups is 2. The summed E-state index contributed by atoms with van der Waals surface area (Å²) in [5.74, 6) is -1.30. The summed E-state index contributed by atoms with van der Waals surface area (Å²) in [5, 5.41) is 2.61. The summed E-state index contributed by atoms with van der Waals surface area (Å²) in [6, 6.07) is 12.7. The zero-order chi connectivity index (χ0) is 21.4. The summed E-state index contributed by atoms with van der Waals surface area (Å²) in [6.45, 7) is 3.06. The highest BCUT2D eigenvalue weighted by Crippen LogP contribution is 2.29. The van der Waals surface area contributed by atoms with Crippen molar-refractivity contribution in [2.75, 3.05) is 22.8 Å². The average Bonchev–Trinajstić information content (AvgIpc) is 2.69. The number of rotatable bonds is 8. The van der Waals surface area contributed by atoms with Crippen LogP contribution in [0.1, 0.15) is 13.8 Å². The van der Waals surface area contributed by atoms with Gasteiger partial charge >= 0.3 is 5.97 Å². The topological polar surface area (TPSA) is 92.8 Å². The molecule has 0 unspecified atom stereocenters. The molecule has 0 bridgehead atoms. The lowest BCUT2D eigenvalue weighted by Gasteiger charge is -2.23. The highest BCUT2D eigenvalue weighted by atomic mass is 35.5. The van der Waals surface area contributed by atoms with Crippen molar-refractivity contribution in [1.29, 1.82) is 0 Å². The molecule has 0 aliphatic carbocycles. The summed E-state index contributed by atoms with van der Waals surface area (Å²) in [7, 11) is -3.88. The molecular weight excluding hydrogens is 416 g/mol. The highest BCUT2D eigenvalue weighted by Gasteiger charge is 2.24. The van der Waals surface area contributed by atoms with Crippen LogP contribution < -0.4 is 9.62 Å². The average molecular weight is 437 g/mol. The molecule has 2 aromatic carbocycles. The molecule has 0 saturated carbocycles. The maximum atomic E-state index is 13.1. The molecule has 29 heavy (non-hydrogen) atoms. The van der Waals surface area contributed by atoms with Crippen LogP contribution >= 0.6 is 11.6 Å². The first-order valence-electron chi connectivity index (χ1n) is 8.76. The minimum Gasteiger partial charge on any atom is -0.452 e. The van der Waals surface area contributed by atoms with E-state index >= 15 is 0 Å². The van der Waals surface area contributed by atoms with Crippen molar-refractivity contribution in [3.8, 4) is 0 Å². The van der Waals surface area contributed by atoms with Gasteiger partial charge in [-0.15, -0.1) is 0 Å². The van der Waals surface area contributed by atoms with E-state index in [1.54, 1.807) is 44.2 Å². The number of benzene rings is 2. The number of carbonyl (C=O) groups excluding carboxylic acids is 2. The van der Waals surface area contributed by atoms with Gasteiger partial charge in [-0.1, -0.05) is 35.9 Å². The minimum absolute atomic E-state index is 0.0335. The molecule has 1 amide bonds. The van der Waals surface area contributed by atoms with Gasteiger partial charge in [0.2, 0.25) is 0 Å². The summed E-state index contributed by atoms with van der Waals surface area (Å²) in [4.78, 5) is 23.3. The van der Waals surface area contributed by atoms with Crippen molar-refractivity contribution in [2.24, 2.45) is 0 Å².